The van der Waals surface area contributed by atoms with Crippen LogP contribution >= 0.6 is 0 Å². The number of nitrogens with zero attached hydrogens (tertiary/aromatic N) is 3. The first kappa shape index (κ1) is 24.8. The molecule has 0 saturated carbocycles. The zero-order valence-corrected chi connectivity index (χ0v) is 19.7. The van der Waals surface area contributed by atoms with Crippen molar-refractivity contribution in [3.05, 3.63) is 62.8 Å². The van der Waals surface area contributed by atoms with Crippen LogP contribution in [0.25, 0.3) is 0 Å². The smallest absolute Gasteiger partial charge is 0.274 e. The third-order valence-corrected chi connectivity index (χ3v) is 7.36. The maximum atomic E-state index is 15.5. The van der Waals surface area contributed by atoms with Gasteiger partial charge in [0.05, 0.1) is 11.8 Å². The van der Waals surface area contributed by atoms with Crippen molar-refractivity contribution < 1.29 is 37.1 Å². The van der Waals surface area contributed by atoms with E-state index in [1.807, 2.05) is 0 Å². The van der Waals surface area contributed by atoms with E-state index in [0.717, 1.165) is 10.8 Å². The molecule has 3 aliphatic heterocycles. The fraction of sp³-hybridized carbons (Fsp3) is 0.417. The highest BCUT2D eigenvalue weighted by Crippen LogP contribution is 2.47. The lowest BCUT2D eigenvalue weighted by atomic mass is 9.82. The molecule has 37 heavy (non-hydrogen) atoms. The van der Waals surface area contributed by atoms with Crippen LogP contribution in [0.3, 0.4) is 0 Å². The number of hydrogen-bond acceptors (Lipinski definition) is 6. The Morgan fingerprint density at radius 2 is 1.95 bits per heavy atom. The van der Waals surface area contributed by atoms with Crippen LogP contribution in [0.5, 0.6) is 5.75 Å². The molecule has 1 aromatic carbocycles. The minimum absolute atomic E-state index is 0.0361. The van der Waals surface area contributed by atoms with Crippen molar-refractivity contribution in [2.24, 2.45) is 5.16 Å². The van der Waals surface area contributed by atoms with E-state index < -0.39 is 81.6 Å². The van der Waals surface area contributed by atoms with Crippen molar-refractivity contribution >= 4 is 17.5 Å². The SMILES string of the molecule is CC1=NO[C@@]2(CC[C@H](C)N3C[C@H]2n2cc(C(=O)NCc4c(F)cc(F)cc4F)c(=O)c(O)c2C3=O)[C@H]1F. The molecule has 196 valence electrons. The summed E-state index contributed by atoms with van der Waals surface area (Å²) in [5.41, 5.74) is -4.39. The minimum atomic E-state index is -1.66. The van der Waals surface area contributed by atoms with Gasteiger partial charge in [-0.3, -0.25) is 14.4 Å². The number of carbonyl (C=O) groups is 2. The van der Waals surface area contributed by atoms with Gasteiger partial charge in [0.15, 0.2) is 23.2 Å². The second-order valence-corrected chi connectivity index (χ2v) is 9.51. The lowest BCUT2D eigenvalue weighted by Gasteiger charge is -2.42. The molecule has 4 atom stereocenters. The number of hydrogen-bond donors (Lipinski definition) is 2. The van der Waals surface area contributed by atoms with E-state index in [4.69, 9.17) is 4.84 Å². The molecule has 3 aliphatic rings. The molecule has 1 aromatic heterocycles. The van der Waals surface area contributed by atoms with Crippen LogP contribution in [0, 0.1) is 17.5 Å². The Labute approximate surface area is 207 Å². The predicted octanol–water partition coefficient (Wildman–Crippen LogP) is 2.56. The average molecular weight is 522 g/mol. The lowest BCUT2D eigenvalue weighted by Crippen LogP contribution is -2.55. The van der Waals surface area contributed by atoms with E-state index in [0.29, 0.717) is 18.6 Å². The van der Waals surface area contributed by atoms with Gasteiger partial charge in [-0.1, -0.05) is 5.16 Å². The molecule has 1 spiro atoms. The summed E-state index contributed by atoms with van der Waals surface area (Å²) in [5.74, 6) is -6.46. The molecule has 5 rings (SSSR count). The largest absolute Gasteiger partial charge is 0.503 e. The number of benzene rings is 1. The summed E-state index contributed by atoms with van der Waals surface area (Å²) in [4.78, 5) is 46.1. The van der Waals surface area contributed by atoms with E-state index in [1.165, 1.54) is 11.8 Å². The number of amides is 2. The van der Waals surface area contributed by atoms with Gasteiger partial charge in [0.25, 0.3) is 11.8 Å². The number of pyridine rings is 1. The first-order valence-electron chi connectivity index (χ1n) is 11.5. The Morgan fingerprint density at radius 1 is 1.27 bits per heavy atom. The van der Waals surface area contributed by atoms with Gasteiger partial charge in [0.1, 0.15) is 23.0 Å². The Hall–Kier alpha value is -3.90. The molecule has 2 bridgehead atoms. The van der Waals surface area contributed by atoms with Crippen LogP contribution in [-0.2, 0) is 11.4 Å². The molecular formula is C24H22F4N4O5. The summed E-state index contributed by atoms with van der Waals surface area (Å²) in [6, 6.07) is -0.454. The average Bonchev–Trinajstić information content (AvgIpc) is 3.05. The third kappa shape index (κ3) is 3.66. The molecule has 4 heterocycles. The first-order valence-corrected chi connectivity index (χ1v) is 11.5. The lowest BCUT2D eigenvalue weighted by molar-refractivity contribution is -0.0956. The van der Waals surface area contributed by atoms with Gasteiger partial charge >= 0.3 is 0 Å². The topological polar surface area (TPSA) is 113 Å². The highest BCUT2D eigenvalue weighted by Gasteiger charge is 2.59. The summed E-state index contributed by atoms with van der Waals surface area (Å²) in [5, 5.41) is 16.7. The number of halogens is 4. The van der Waals surface area contributed by atoms with Crippen molar-refractivity contribution in [1.29, 1.82) is 0 Å². The molecule has 0 unspecified atom stereocenters. The number of nitrogens with one attached hydrogen (secondary N) is 1. The molecule has 9 nitrogen and oxygen atoms in total. The summed E-state index contributed by atoms with van der Waals surface area (Å²) in [6.07, 6.45) is -0.144. The standard InChI is InChI=1S/C24H22F4N4O5/c1-10-3-4-24(21(28)11(2)30-37-24)17-9-31(10)23(36)18-20(34)19(33)14(8-32(17)18)22(35)29-7-13-15(26)5-12(25)6-16(13)27/h5-6,8,10,17,21,34H,3-4,7,9H2,1-2H3,(H,29,35)/t10-,17+,21-,24+/m0/s1. The number of fused-ring (bicyclic) bond motifs is 5. The van der Waals surface area contributed by atoms with Crippen LogP contribution < -0.4 is 10.7 Å². The van der Waals surface area contributed by atoms with Crippen LogP contribution in [0.15, 0.2) is 28.3 Å². The minimum Gasteiger partial charge on any atom is -0.503 e. The van der Waals surface area contributed by atoms with Crippen molar-refractivity contribution in [1.82, 2.24) is 14.8 Å². The maximum absolute atomic E-state index is 15.5. The number of aromatic hydroxyl groups is 1. The van der Waals surface area contributed by atoms with Crippen LogP contribution in [-0.4, -0.2) is 56.5 Å². The fourth-order valence-electron chi connectivity index (χ4n) is 5.27. The Balaban J connectivity index is 1.57. The highest BCUT2D eigenvalue weighted by atomic mass is 19.1. The number of rotatable bonds is 3. The molecule has 0 aliphatic carbocycles. The zero-order chi connectivity index (χ0) is 26.8. The molecule has 2 N–H and O–H groups in total. The number of aromatic nitrogens is 1. The van der Waals surface area contributed by atoms with Gasteiger partial charge in [-0.25, -0.2) is 17.6 Å². The van der Waals surface area contributed by atoms with Crippen LogP contribution in [0.2, 0.25) is 0 Å². The number of alkyl halides is 1. The van der Waals surface area contributed by atoms with Crippen molar-refractivity contribution in [3.63, 3.8) is 0 Å². The second-order valence-electron chi connectivity index (χ2n) is 9.51. The van der Waals surface area contributed by atoms with E-state index in [9.17, 15) is 32.7 Å². The normalized spacial score (nSPS) is 26.4. The zero-order valence-electron chi connectivity index (χ0n) is 19.7. The fourth-order valence-corrected chi connectivity index (χ4v) is 5.27. The first-order chi connectivity index (χ1) is 17.5. The molecule has 1 fully saturated rings. The molecule has 2 amide bonds. The van der Waals surface area contributed by atoms with E-state index in [2.05, 4.69) is 10.5 Å². The van der Waals surface area contributed by atoms with Crippen LogP contribution in [0.4, 0.5) is 17.6 Å². The van der Waals surface area contributed by atoms with E-state index in [-0.39, 0.29) is 24.7 Å². The van der Waals surface area contributed by atoms with E-state index in [1.54, 1.807) is 6.92 Å². The van der Waals surface area contributed by atoms with Gasteiger partial charge in [-0.05, 0) is 26.7 Å². The van der Waals surface area contributed by atoms with Crippen molar-refractivity contribution in [2.45, 2.75) is 57.1 Å². The van der Waals surface area contributed by atoms with Gasteiger partial charge < -0.3 is 24.7 Å². The number of carbonyl (C=O) groups excluding carboxylic acids is 2. The van der Waals surface area contributed by atoms with Gasteiger partial charge in [-0.15, -0.1) is 0 Å². The van der Waals surface area contributed by atoms with E-state index >= 15 is 4.39 Å². The summed E-state index contributed by atoms with van der Waals surface area (Å²) >= 11 is 0. The number of oxime groups is 1. The van der Waals surface area contributed by atoms with Crippen molar-refractivity contribution in [2.75, 3.05) is 6.54 Å². The Kier molecular flexibility index (Phi) is 5.76. The molecule has 13 heteroatoms. The Morgan fingerprint density at radius 3 is 2.57 bits per heavy atom. The van der Waals surface area contributed by atoms with Gasteiger partial charge in [-0.2, -0.15) is 0 Å². The van der Waals surface area contributed by atoms with Crippen molar-refractivity contribution in [3.8, 4) is 5.75 Å². The Bertz CT molecular complexity index is 1400. The quantitative estimate of drug-likeness (QED) is 0.602. The highest BCUT2D eigenvalue weighted by molar-refractivity contribution is 5.99. The molecule has 0 radical (unpaired) electrons. The molecule has 2 aromatic rings. The monoisotopic (exact) mass is 522 g/mol. The van der Waals surface area contributed by atoms with Gasteiger partial charge in [0, 0.05) is 43.0 Å². The van der Waals surface area contributed by atoms with Gasteiger partial charge in [0.2, 0.25) is 5.43 Å². The predicted molar refractivity (Wildman–Crippen MR) is 120 cm³/mol. The molecular weight excluding hydrogens is 500 g/mol. The second kappa shape index (κ2) is 8.60. The maximum Gasteiger partial charge on any atom is 0.274 e. The molecule has 1 saturated heterocycles. The summed E-state index contributed by atoms with van der Waals surface area (Å²) < 4.78 is 57.8. The summed E-state index contributed by atoms with van der Waals surface area (Å²) in [7, 11) is 0. The van der Waals surface area contributed by atoms with Crippen LogP contribution in [0.1, 0.15) is 59.1 Å². The summed E-state index contributed by atoms with van der Waals surface area (Å²) in [6.45, 7) is 2.44. The third-order valence-electron chi connectivity index (χ3n) is 7.36.